The Hall–Kier alpha value is -1.68. The monoisotopic (exact) mass is 260 g/mol. The maximum atomic E-state index is 5.61. The molecule has 4 heteroatoms. The molecule has 0 radical (unpaired) electrons. The second-order valence-corrected chi connectivity index (χ2v) is 4.81. The predicted octanol–water partition coefficient (Wildman–Crippen LogP) is 2.78. The minimum absolute atomic E-state index is 0.328. The molecular weight excluding hydrogens is 240 g/mol. The third-order valence-electron chi connectivity index (χ3n) is 3.85. The van der Waals surface area contributed by atoms with Crippen LogP contribution in [-0.2, 0) is 6.42 Å². The van der Waals surface area contributed by atoms with Crippen molar-refractivity contribution in [3.8, 4) is 11.5 Å². The van der Waals surface area contributed by atoms with Gasteiger partial charge < -0.3 is 19.4 Å². The van der Waals surface area contributed by atoms with E-state index in [1.165, 1.54) is 10.9 Å². The van der Waals surface area contributed by atoms with E-state index in [1.807, 2.05) is 6.07 Å². The van der Waals surface area contributed by atoms with Gasteiger partial charge in [0.2, 0.25) is 6.79 Å². The van der Waals surface area contributed by atoms with Gasteiger partial charge in [0.25, 0.3) is 0 Å². The lowest BCUT2D eigenvalue weighted by Crippen LogP contribution is -2.25. The molecule has 0 spiro atoms. The molecule has 0 unspecified atom stereocenters. The second kappa shape index (κ2) is 5.13. The zero-order chi connectivity index (χ0) is 13.2. The second-order valence-electron chi connectivity index (χ2n) is 4.81. The van der Waals surface area contributed by atoms with Gasteiger partial charge in [0.1, 0.15) is 0 Å². The molecule has 1 aliphatic heterocycles. The first-order valence-corrected chi connectivity index (χ1v) is 6.94. The zero-order valence-electron chi connectivity index (χ0n) is 11.5. The Balaban J connectivity index is 1.90. The summed E-state index contributed by atoms with van der Waals surface area (Å²) in [7, 11) is 0. The highest BCUT2D eigenvalue weighted by Crippen LogP contribution is 2.40. The van der Waals surface area contributed by atoms with E-state index in [9.17, 15) is 0 Å². The molecule has 0 bridgehead atoms. The van der Waals surface area contributed by atoms with Gasteiger partial charge in [-0.25, -0.2) is 0 Å². The quantitative estimate of drug-likeness (QED) is 0.898. The Kier molecular flexibility index (Phi) is 3.34. The van der Waals surface area contributed by atoms with E-state index in [4.69, 9.17) is 9.47 Å². The number of H-pyrrole nitrogens is 1. The van der Waals surface area contributed by atoms with Crippen LogP contribution >= 0.6 is 0 Å². The number of rotatable bonds is 5. The van der Waals surface area contributed by atoms with Gasteiger partial charge in [-0.2, -0.15) is 0 Å². The molecule has 1 aromatic heterocycles. The normalized spacial score (nSPS) is 13.6. The smallest absolute Gasteiger partial charge is 0.231 e. The minimum atomic E-state index is 0.328. The van der Waals surface area contributed by atoms with Crippen LogP contribution in [0.1, 0.15) is 19.4 Å². The van der Waals surface area contributed by atoms with Crippen LogP contribution in [0, 0.1) is 0 Å². The van der Waals surface area contributed by atoms with Gasteiger partial charge in [-0.3, -0.25) is 0 Å². The third-order valence-corrected chi connectivity index (χ3v) is 3.85. The number of nitrogens with zero attached hydrogens (tertiary/aromatic N) is 1. The van der Waals surface area contributed by atoms with Crippen LogP contribution in [0.15, 0.2) is 18.3 Å². The number of hydrogen-bond donors (Lipinski definition) is 1. The first kappa shape index (κ1) is 12.4. The summed E-state index contributed by atoms with van der Waals surface area (Å²) >= 11 is 0. The van der Waals surface area contributed by atoms with Gasteiger partial charge in [-0.15, -0.1) is 0 Å². The molecule has 0 aliphatic carbocycles. The number of fused-ring (bicyclic) bond motifs is 3. The standard InChI is InChI=1S/C15H20N2O2/c1-3-17(4-2)8-7-11-9-16-12-5-6-13-15(14(11)12)19-10-18-13/h5-6,9,16H,3-4,7-8,10H2,1-2H3. The largest absolute Gasteiger partial charge is 0.454 e. The highest BCUT2D eigenvalue weighted by Gasteiger charge is 2.20. The number of nitrogens with one attached hydrogen (secondary N) is 1. The minimum Gasteiger partial charge on any atom is -0.454 e. The Morgan fingerprint density at radius 2 is 2.05 bits per heavy atom. The van der Waals surface area contributed by atoms with Gasteiger partial charge in [0, 0.05) is 23.6 Å². The molecule has 0 amide bonds. The van der Waals surface area contributed by atoms with Gasteiger partial charge in [-0.1, -0.05) is 13.8 Å². The van der Waals surface area contributed by atoms with Crippen LogP contribution in [0.2, 0.25) is 0 Å². The number of benzene rings is 1. The van der Waals surface area contributed by atoms with Gasteiger partial charge in [0.05, 0.1) is 0 Å². The van der Waals surface area contributed by atoms with Crippen LogP contribution in [0.3, 0.4) is 0 Å². The molecule has 2 heterocycles. The zero-order valence-corrected chi connectivity index (χ0v) is 11.5. The highest BCUT2D eigenvalue weighted by molar-refractivity contribution is 5.92. The van der Waals surface area contributed by atoms with Crippen molar-refractivity contribution < 1.29 is 9.47 Å². The lowest BCUT2D eigenvalue weighted by molar-refractivity contribution is 0.175. The topological polar surface area (TPSA) is 37.5 Å². The fraction of sp³-hybridized carbons (Fsp3) is 0.467. The number of ether oxygens (including phenoxy) is 2. The summed E-state index contributed by atoms with van der Waals surface area (Å²) in [5.41, 5.74) is 2.43. The lowest BCUT2D eigenvalue weighted by atomic mass is 10.1. The van der Waals surface area contributed by atoms with E-state index in [0.717, 1.165) is 43.1 Å². The molecule has 0 saturated carbocycles. The Morgan fingerprint density at radius 1 is 1.21 bits per heavy atom. The highest BCUT2D eigenvalue weighted by atomic mass is 16.7. The molecule has 4 nitrogen and oxygen atoms in total. The molecule has 2 aromatic rings. The maximum Gasteiger partial charge on any atom is 0.231 e. The maximum absolute atomic E-state index is 5.61. The third kappa shape index (κ3) is 2.16. The van der Waals surface area contributed by atoms with Crippen molar-refractivity contribution in [1.82, 2.24) is 9.88 Å². The average Bonchev–Trinajstić information content (AvgIpc) is 3.04. The van der Waals surface area contributed by atoms with Crippen LogP contribution in [-0.4, -0.2) is 36.3 Å². The first-order chi connectivity index (χ1) is 9.33. The molecule has 0 saturated heterocycles. The molecule has 1 aliphatic rings. The number of aromatic nitrogens is 1. The molecule has 102 valence electrons. The van der Waals surface area contributed by atoms with E-state index in [0.29, 0.717) is 6.79 Å². The van der Waals surface area contributed by atoms with Crippen molar-refractivity contribution in [2.75, 3.05) is 26.4 Å². The van der Waals surface area contributed by atoms with E-state index in [-0.39, 0.29) is 0 Å². The van der Waals surface area contributed by atoms with Gasteiger partial charge in [0.15, 0.2) is 11.5 Å². The van der Waals surface area contributed by atoms with E-state index in [2.05, 4.69) is 36.0 Å². The first-order valence-electron chi connectivity index (χ1n) is 6.94. The summed E-state index contributed by atoms with van der Waals surface area (Å²) in [6.45, 7) is 7.99. The van der Waals surface area contributed by atoms with Crippen LogP contribution in [0.25, 0.3) is 10.9 Å². The molecule has 0 fully saturated rings. The summed E-state index contributed by atoms with van der Waals surface area (Å²) in [6, 6.07) is 4.03. The molecule has 0 atom stereocenters. The van der Waals surface area contributed by atoms with Crippen molar-refractivity contribution in [2.24, 2.45) is 0 Å². The molecule has 1 aromatic carbocycles. The van der Waals surface area contributed by atoms with Crippen molar-refractivity contribution in [3.05, 3.63) is 23.9 Å². The predicted molar refractivity (Wildman–Crippen MR) is 75.9 cm³/mol. The molecule has 1 N–H and O–H groups in total. The van der Waals surface area contributed by atoms with Crippen molar-refractivity contribution >= 4 is 10.9 Å². The summed E-state index contributed by atoms with van der Waals surface area (Å²) in [5.74, 6) is 1.75. The number of likely N-dealkylation sites (N-methyl/N-ethyl adjacent to an activating group) is 1. The SMILES string of the molecule is CCN(CC)CCc1c[nH]c2ccc3c(c12)OCO3. The molecule has 3 rings (SSSR count). The Bertz CT molecular complexity index is 573. The Labute approximate surface area is 113 Å². The number of hydrogen-bond acceptors (Lipinski definition) is 3. The van der Waals surface area contributed by atoms with E-state index in [1.54, 1.807) is 0 Å². The summed E-state index contributed by atoms with van der Waals surface area (Å²) in [5, 5.41) is 1.18. The summed E-state index contributed by atoms with van der Waals surface area (Å²) < 4.78 is 11.1. The van der Waals surface area contributed by atoms with Crippen molar-refractivity contribution in [3.63, 3.8) is 0 Å². The summed E-state index contributed by atoms with van der Waals surface area (Å²) in [4.78, 5) is 5.75. The fourth-order valence-electron chi connectivity index (χ4n) is 2.66. The van der Waals surface area contributed by atoms with Crippen LogP contribution < -0.4 is 9.47 Å². The Morgan fingerprint density at radius 3 is 2.84 bits per heavy atom. The van der Waals surface area contributed by atoms with Crippen molar-refractivity contribution in [2.45, 2.75) is 20.3 Å². The van der Waals surface area contributed by atoms with E-state index < -0.39 is 0 Å². The fourth-order valence-corrected chi connectivity index (χ4v) is 2.66. The molecule has 19 heavy (non-hydrogen) atoms. The van der Waals surface area contributed by atoms with Crippen molar-refractivity contribution in [1.29, 1.82) is 0 Å². The van der Waals surface area contributed by atoms with Crippen LogP contribution in [0.4, 0.5) is 0 Å². The average molecular weight is 260 g/mol. The van der Waals surface area contributed by atoms with Gasteiger partial charge >= 0.3 is 0 Å². The van der Waals surface area contributed by atoms with Gasteiger partial charge in [-0.05, 0) is 37.2 Å². The number of aromatic amines is 1. The summed E-state index contributed by atoms with van der Waals surface area (Å²) in [6.07, 6.45) is 3.12. The lowest BCUT2D eigenvalue weighted by Gasteiger charge is -2.17. The van der Waals surface area contributed by atoms with Crippen LogP contribution in [0.5, 0.6) is 11.5 Å². The molecular formula is C15H20N2O2. The van der Waals surface area contributed by atoms with E-state index >= 15 is 0 Å².